The Balaban J connectivity index is 1.60. The van der Waals surface area contributed by atoms with Gasteiger partial charge in [-0.2, -0.15) is 5.11 Å². The number of ether oxygens (including phenoxy) is 1. The first-order valence-electron chi connectivity index (χ1n) is 9.34. The molecule has 3 aromatic rings. The second-order valence-corrected chi connectivity index (χ2v) is 8.08. The van der Waals surface area contributed by atoms with E-state index in [-0.39, 0.29) is 5.41 Å². The Morgan fingerprint density at radius 2 is 2.07 bits per heavy atom. The van der Waals surface area contributed by atoms with Crippen molar-refractivity contribution >= 4 is 28.2 Å². The van der Waals surface area contributed by atoms with Gasteiger partial charge < -0.3 is 9.30 Å². The Morgan fingerprint density at radius 3 is 2.79 bits per heavy atom. The van der Waals surface area contributed by atoms with Crippen LogP contribution in [0.4, 0.5) is 0 Å². The number of hydrogen-bond donors (Lipinski definition) is 0. The Kier molecular flexibility index (Phi) is 3.98. The molecule has 2 aliphatic rings. The number of pyridine rings is 1. The van der Waals surface area contributed by atoms with Gasteiger partial charge in [-0.3, -0.25) is 0 Å². The van der Waals surface area contributed by atoms with Crippen LogP contribution in [0.2, 0.25) is 5.02 Å². The summed E-state index contributed by atoms with van der Waals surface area (Å²) in [5.41, 5.74) is 5.25. The minimum Gasteiger partial charge on any atom is -0.495 e. The fourth-order valence-electron chi connectivity index (χ4n) is 3.77. The first kappa shape index (κ1) is 17.4. The second kappa shape index (κ2) is 6.41. The predicted molar refractivity (Wildman–Crippen MR) is 110 cm³/mol. The molecular formula is C21H20ClN5O. The van der Waals surface area contributed by atoms with Crippen LogP contribution in [0, 0.1) is 0 Å². The van der Waals surface area contributed by atoms with Crippen LogP contribution in [0.1, 0.15) is 36.8 Å². The Bertz CT molecular complexity index is 1140. The molecule has 1 aliphatic carbocycles. The molecule has 0 atom stereocenters. The van der Waals surface area contributed by atoms with Gasteiger partial charge in [0.25, 0.3) is 0 Å². The quantitative estimate of drug-likeness (QED) is 0.614. The highest BCUT2D eigenvalue weighted by Crippen LogP contribution is 2.49. The van der Waals surface area contributed by atoms with Crippen molar-refractivity contribution in [2.24, 2.45) is 15.4 Å². The van der Waals surface area contributed by atoms with Gasteiger partial charge in [0.1, 0.15) is 18.0 Å². The van der Waals surface area contributed by atoms with Gasteiger partial charge in [0.2, 0.25) is 0 Å². The third-order valence-corrected chi connectivity index (χ3v) is 5.96. The van der Waals surface area contributed by atoms with E-state index in [1.165, 1.54) is 18.5 Å². The Hall–Kier alpha value is -2.73. The summed E-state index contributed by atoms with van der Waals surface area (Å²) >= 11 is 6.44. The first-order chi connectivity index (χ1) is 13.6. The van der Waals surface area contributed by atoms with Gasteiger partial charge in [-0.25, -0.2) is 4.98 Å². The minimum atomic E-state index is 0.212. The van der Waals surface area contributed by atoms with Crippen molar-refractivity contribution < 1.29 is 4.74 Å². The van der Waals surface area contributed by atoms with Gasteiger partial charge in [-0.05, 0) is 48.4 Å². The van der Waals surface area contributed by atoms with E-state index in [0.717, 1.165) is 28.0 Å². The van der Waals surface area contributed by atoms with Crippen molar-refractivity contribution in [2.45, 2.75) is 31.7 Å². The fourth-order valence-corrected chi connectivity index (χ4v) is 4.01. The van der Waals surface area contributed by atoms with Crippen LogP contribution in [0.5, 0.6) is 5.75 Å². The summed E-state index contributed by atoms with van der Waals surface area (Å²) in [4.78, 5) is 4.81. The number of methoxy groups -OCH3 is 1. The van der Waals surface area contributed by atoms with Crippen molar-refractivity contribution in [2.75, 3.05) is 13.7 Å². The van der Waals surface area contributed by atoms with E-state index in [1.54, 1.807) is 7.11 Å². The lowest BCUT2D eigenvalue weighted by atomic mass is 10.1. The highest BCUT2D eigenvalue weighted by atomic mass is 35.5. The van der Waals surface area contributed by atoms with Gasteiger partial charge in [-0.1, -0.05) is 24.6 Å². The highest BCUT2D eigenvalue weighted by Gasteiger charge is 2.42. The topological polar surface area (TPSA) is 64.1 Å². The largest absolute Gasteiger partial charge is 0.495 e. The molecule has 0 radical (unpaired) electrons. The van der Waals surface area contributed by atoms with Crippen LogP contribution in [0.15, 0.2) is 51.8 Å². The molecule has 6 nitrogen and oxygen atoms in total. The standard InChI is InChI=1S/C21H20ClN5O/c1-21(6-7-21)20-9-13-8-19(28-2)15(22)10-18(13)27(20)12-14-4-3-5-16(24-14)17-11-23-26-25-17/h3-5,8-10H,6-7,11-12H2,1-2H3. The number of aromatic nitrogens is 2. The van der Waals surface area contributed by atoms with E-state index in [1.807, 2.05) is 30.3 Å². The summed E-state index contributed by atoms with van der Waals surface area (Å²) in [6, 6.07) is 12.3. The average molecular weight is 394 g/mol. The molecule has 5 rings (SSSR count). The fraction of sp³-hybridized carbons (Fsp3) is 0.333. The van der Waals surface area contributed by atoms with Crippen LogP contribution >= 0.6 is 11.6 Å². The monoisotopic (exact) mass is 393 g/mol. The van der Waals surface area contributed by atoms with Crippen molar-refractivity contribution in [1.82, 2.24) is 9.55 Å². The van der Waals surface area contributed by atoms with Gasteiger partial charge >= 0.3 is 0 Å². The van der Waals surface area contributed by atoms with Crippen LogP contribution in [0.3, 0.4) is 0 Å². The van der Waals surface area contributed by atoms with E-state index >= 15 is 0 Å². The molecule has 1 saturated carbocycles. The van der Waals surface area contributed by atoms with Crippen LogP contribution in [-0.2, 0) is 12.0 Å². The highest BCUT2D eigenvalue weighted by molar-refractivity contribution is 6.32. The number of nitrogens with zero attached hydrogens (tertiary/aromatic N) is 5. The summed E-state index contributed by atoms with van der Waals surface area (Å²) < 4.78 is 7.75. The van der Waals surface area contributed by atoms with E-state index in [0.29, 0.717) is 23.9 Å². The van der Waals surface area contributed by atoms with Gasteiger partial charge in [0, 0.05) is 16.5 Å². The lowest BCUT2D eigenvalue weighted by Crippen LogP contribution is -2.13. The molecule has 7 heteroatoms. The lowest BCUT2D eigenvalue weighted by Gasteiger charge is -2.16. The molecule has 0 saturated heterocycles. The number of benzene rings is 1. The van der Waals surface area contributed by atoms with Gasteiger partial charge in [0.15, 0.2) is 0 Å². The number of fused-ring (bicyclic) bond motifs is 1. The smallest absolute Gasteiger partial charge is 0.138 e. The number of halogens is 1. The summed E-state index contributed by atoms with van der Waals surface area (Å²) in [7, 11) is 1.65. The molecule has 1 aromatic carbocycles. The van der Waals surface area contributed by atoms with E-state index in [4.69, 9.17) is 21.3 Å². The van der Waals surface area contributed by atoms with Crippen molar-refractivity contribution in [1.29, 1.82) is 0 Å². The Labute approximate surface area is 167 Å². The third kappa shape index (κ3) is 2.88. The van der Waals surface area contributed by atoms with Crippen LogP contribution < -0.4 is 4.74 Å². The van der Waals surface area contributed by atoms with Gasteiger partial charge in [-0.15, -0.1) is 5.10 Å². The van der Waals surface area contributed by atoms with Crippen LogP contribution in [0.25, 0.3) is 10.9 Å². The minimum absolute atomic E-state index is 0.212. The zero-order valence-corrected chi connectivity index (χ0v) is 16.6. The van der Waals surface area contributed by atoms with Crippen molar-refractivity contribution in [3.05, 3.63) is 58.5 Å². The molecule has 28 heavy (non-hydrogen) atoms. The van der Waals surface area contributed by atoms with E-state index in [9.17, 15) is 0 Å². The summed E-state index contributed by atoms with van der Waals surface area (Å²) in [6.45, 7) is 3.48. The maximum atomic E-state index is 6.44. The van der Waals surface area contributed by atoms with Gasteiger partial charge in [0.05, 0.1) is 35.6 Å². The SMILES string of the molecule is COc1cc2cc(C3(C)CC3)n(Cc3cccc(C4=NN=NC4)n3)c2cc1Cl. The zero-order valence-electron chi connectivity index (χ0n) is 15.8. The molecule has 0 N–H and O–H groups in total. The molecular weight excluding hydrogens is 374 g/mol. The van der Waals surface area contributed by atoms with E-state index < -0.39 is 0 Å². The molecule has 2 aromatic heterocycles. The Morgan fingerprint density at radius 1 is 1.21 bits per heavy atom. The maximum Gasteiger partial charge on any atom is 0.138 e. The van der Waals surface area contributed by atoms with E-state index in [2.05, 4.69) is 33.0 Å². The third-order valence-electron chi connectivity index (χ3n) is 5.66. The first-order valence-corrected chi connectivity index (χ1v) is 9.72. The molecule has 1 aliphatic heterocycles. The molecule has 0 amide bonds. The molecule has 0 bridgehead atoms. The zero-order chi connectivity index (χ0) is 19.3. The lowest BCUT2D eigenvalue weighted by molar-refractivity contribution is 0.415. The van der Waals surface area contributed by atoms with Crippen LogP contribution in [-0.4, -0.2) is 28.9 Å². The molecule has 3 heterocycles. The molecule has 142 valence electrons. The van der Waals surface area contributed by atoms with Crippen molar-refractivity contribution in [3.63, 3.8) is 0 Å². The number of hydrogen-bond acceptors (Lipinski definition) is 5. The molecule has 1 fully saturated rings. The number of rotatable bonds is 5. The van der Waals surface area contributed by atoms with Crippen molar-refractivity contribution in [3.8, 4) is 5.75 Å². The molecule has 0 unspecified atom stereocenters. The normalized spacial score (nSPS) is 17.2. The summed E-state index contributed by atoms with van der Waals surface area (Å²) in [5, 5.41) is 13.4. The summed E-state index contributed by atoms with van der Waals surface area (Å²) in [6.07, 6.45) is 2.39. The molecule has 0 spiro atoms. The predicted octanol–water partition coefficient (Wildman–Crippen LogP) is 4.97. The second-order valence-electron chi connectivity index (χ2n) is 7.67. The maximum absolute atomic E-state index is 6.44. The summed E-state index contributed by atoms with van der Waals surface area (Å²) in [5.74, 6) is 0.700. The average Bonchev–Trinajstić information content (AvgIpc) is 3.10.